The molecule has 0 unspecified atom stereocenters. The Labute approximate surface area is 85.8 Å². The predicted octanol–water partition coefficient (Wildman–Crippen LogP) is 3.26. The second kappa shape index (κ2) is 5.43. The van der Waals surface area contributed by atoms with Crippen LogP contribution in [0.2, 0.25) is 0 Å². The third kappa shape index (κ3) is 2.87. The molecule has 0 saturated carbocycles. The first-order chi connectivity index (χ1) is 6.77. The Morgan fingerprint density at radius 1 is 1.50 bits per heavy atom. The highest BCUT2D eigenvalue weighted by Gasteiger charge is 2.02. The number of hydrogen-bond acceptors (Lipinski definition) is 1. The van der Waals surface area contributed by atoms with Gasteiger partial charge in [-0.3, -0.25) is 0 Å². The molecule has 0 atom stereocenters. The Morgan fingerprint density at radius 3 is 2.93 bits per heavy atom. The molecule has 1 N–H and O–H groups in total. The lowest BCUT2D eigenvalue weighted by atomic mass is 10.2. The molecule has 0 amide bonds. The van der Waals surface area contributed by atoms with Gasteiger partial charge >= 0.3 is 0 Å². The first kappa shape index (κ1) is 10.8. The summed E-state index contributed by atoms with van der Waals surface area (Å²) in [6, 6.07) is 0. The van der Waals surface area contributed by atoms with E-state index in [1.165, 1.54) is 12.8 Å². The summed E-state index contributed by atoms with van der Waals surface area (Å²) in [6.07, 6.45) is 9.09. The quantitative estimate of drug-likeness (QED) is 0.709. The van der Waals surface area contributed by atoms with Gasteiger partial charge in [0.2, 0.25) is 0 Å². The summed E-state index contributed by atoms with van der Waals surface area (Å²) in [4.78, 5) is 7.79. The van der Waals surface area contributed by atoms with Crippen LogP contribution in [-0.2, 0) is 6.42 Å². The highest BCUT2D eigenvalue weighted by molar-refractivity contribution is 5.49. The monoisotopic (exact) mass is 190 g/mol. The Morgan fingerprint density at radius 2 is 2.29 bits per heavy atom. The van der Waals surface area contributed by atoms with Crippen LogP contribution >= 0.6 is 0 Å². The molecule has 0 aliphatic carbocycles. The number of rotatable bonds is 5. The van der Waals surface area contributed by atoms with Crippen molar-refractivity contribution in [3.05, 3.63) is 35.9 Å². The van der Waals surface area contributed by atoms with E-state index in [0.29, 0.717) is 0 Å². The Bertz CT molecular complexity index is 321. The highest BCUT2D eigenvalue weighted by atomic mass is 14.9. The predicted molar refractivity (Wildman–Crippen MR) is 61.2 cm³/mol. The molecule has 14 heavy (non-hydrogen) atoms. The third-order valence-electron chi connectivity index (χ3n) is 2.13. The molecule has 0 bridgehead atoms. The first-order valence-electron chi connectivity index (χ1n) is 5.12. The molecule has 2 nitrogen and oxygen atoms in total. The second-order valence-corrected chi connectivity index (χ2v) is 3.39. The van der Waals surface area contributed by atoms with Crippen molar-refractivity contribution in [1.29, 1.82) is 0 Å². The summed E-state index contributed by atoms with van der Waals surface area (Å²) in [5.74, 6) is 1.09. The minimum absolute atomic E-state index is 1.02. The van der Waals surface area contributed by atoms with E-state index < -0.39 is 0 Å². The maximum Gasteiger partial charge on any atom is 0.106 e. The standard InChI is InChI=1S/C12H18N2/c1-4-6-8-11-10(3)13-12(14-11)9-7-5-2/h4,6,8H,1,5,7,9H2,2-3H3,(H,13,14)/b8-6-. The average Bonchev–Trinajstić information content (AvgIpc) is 2.53. The summed E-state index contributed by atoms with van der Waals surface area (Å²) >= 11 is 0. The lowest BCUT2D eigenvalue weighted by molar-refractivity contribution is 0.761. The molecule has 1 rings (SSSR count). The Balaban J connectivity index is 2.71. The summed E-state index contributed by atoms with van der Waals surface area (Å²) in [5.41, 5.74) is 2.16. The van der Waals surface area contributed by atoms with Gasteiger partial charge in [-0.15, -0.1) is 0 Å². The van der Waals surface area contributed by atoms with Crippen LogP contribution in [0.25, 0.3) is 6.08 Å². The van der Waals surface area contributed by atoms with E-state index in [4.69, 9.17) is 0 Å². The molecule has 2 heteroatoms. The lowest BCUT2D eigenvalue weighted by Gasteiger charge is -1.91. The fourth-order valence-corrected chi connectivity index (χ4v) is 1.32. The van der Waals surface area contributed by atoms with Gasteiger partial charge in [-0.25, -0.2) is 4.98 Å². The van der Waals surface area contributed by atoms with Crippen molar-refractivity contribution in [2.24, 2.45) is 0 Å². The SMILES string of the molecule is C=C/C=C\c1nc(CCCC)[nH]c1C. The van der Waals surface area contributed by atoms with E-state index in [1.807, 2.05) is 19.1 Å². The molecule has 0 aliphatic rings. The van der Waals surface area contributed by atoms with Crippen molar-refractivity contribution in [3.63, 3.8) is 0 Å². The van der Waals surface area contributed by atoms with Gasteiger partial charge in [0.15, 0.2) is 0 Å². The Kier molecular flexibility index (Phi) is 4.17. The van der Waals surface area contributed by atoms with E-state index in [0.717, 1.165) is 23.6 Å². The minimum atomic E-state index is 1.02. The molecule has 0 fully saturated rings. The van der Waals surface area contributed by atoms with Crippen molar-refractivity contribution in [2.75, 3.05) is 0 Å². The average molecular weight is 190 g/mol. The van der Waals surface area contributed by atoms with E-state index >= 15 is 0 Å². The van der Waals surface area contributed by atoms with Crippen LogP contribution in [0.3, 0.4) is 0 Å². The number of aromatic amines is 1. The topological polar surface area (TPSA) is 28.7 Å². The van der Waals surface area contributed by atoms with E-state index in [9.17, 15) is 0 Å². The minimum Gasteiger partial charge on any atom is -0.346 e. The molecule has 0 aliphatic heterocycles. The maximum absolute atomic E-state index is 4.49. The van der Waals surface area contributed by atoms with Crippen LogP contribution in [0.5, 0.6) is 0 Å². The molecule has 0 spiro atoms. The van der Waals surface area contributed by atoms with Crippen molar-refractivity contribution in [3.8, 4) is 0 Å². The van der Waals surface area contributed by atoms with E-state index in [1.54, 1.807) is 6.08 Å². The molecule has 0 aromatic carbocycles. The molecule has 1 heterocycles. The number of imidazole rings is 1. The van der Waals surface area contributed by atoms with Gasteiger partial charge in [0.25, 0.3) is 0 Å². The number of hydrogen-bond donors (Lipinski definition) is 1. The van der Waals surface area contributed by atoms with Gasteiger partial charge in [-0.1, -0.05) is 32.1 Å². The number of unbranched alkanes of at least 4 members (excludes halogenated alkanes) is 1. The van der Waals surface area contributed by atoms with Crippen LogP contribution in [0.1, 0.15) is 37.0 Å². The van der Waals surface area contributed by atoms with Gasteiger partial charge < -0.3 is 4.98 Å². The van der Waals surface area contributed by atoms with Crippen molar-refractivity contribution in [1.82, 2.24) is 9.97 Å². The van der Waals surface area contributed by atoms with Gasteiger partial charge in [-0.05, 0) is 19.4 Å². The third-order valence-corrected chi connectivity index (χ3v) is 2.13. The van der Waals surface area contributed by atoms with Gasteiger partial charge in [0.1, 0.15) is 5.82 Å². The van der Waals surface area contributed by atoms with Crippen LogP contribution < -0.4 is 0 Å². The molecule has 1 aromatic heterocycles. The first-order valence-corrected chi connectivity index (χ1v) is 5.12. The van der Waals surface area contributed by atoms with Gasteiger partial charge in [-0.2, -0.15) is 0 Å². The molecule has 76 valence electrons. The number of H-pyrrole nitrogens is 1. The number of nitrogens with zero attached hydrogens (tertiary/aromatic N) is 1. The maximum atomic E-state index is 4.49. The number of aryl methyl sites for hydroxylation is 2. The zero-order valence-corrected chi connectivity index (χ0v) is 9.01. The largest absolute Gasteiger partial charge is 0.346 e. The molecular weight excluding hydrogens is 172 g/mol. The van der Waals surface area contributed by atoms with Crippen LogP contribution in [-0.4, -0.2) is 9.97 Å². The van der Waals surface area contributed by atoms with Crippen molar-refractivity contribution < 1.29 is 0 Å². The highest BCUT2D eigenvalue weighted by Crippen LogP contribution is 2.09. The zero-order chi connectivity index (χ0) is 10.4. The zero-order valence-electron chi connectivity index (χ0n) is 9.01. The van der Waals surface area contributed by atoms with E-state index in [-0.39, 0.29) is 0 Å². The lowest BCUT2D eigenvalue weighted by Crippen LogP contribution is -1.86. The number of allylic oxidation sites excluding steroid dienone is 2. The smallest absolute Gasteiger partial charge is 0.106 e. The number of nitrogens with one attached hydrogen (secondary N) is 1. The summed E-state index contributed by atoms with van der Waals surface area (Å²) in [6.45, 7) is 7.87. The number of aromatic nitrogens is 2. The van der Waals surface area contributed by atoms with Gasteiger partial charge in [0, 0.05) is 12.1 Å². The van der Waals surface area contributed by atoms with Crippen molar-refractivity contribution in [2.45, 2.75) is 33.1 Å². The van der Waals surface area contributed by atoms with Crippen LogP contribution in [0, 0.1) is 6.92 Å². The fraction of sp³-hybridized carbons (Fsp3) is 0.417. The molecule has 0 radical (unpaired) electrons. The van der Waals surface area contributed by atoms with Gasteiger partial charge in [0.05, 0.1) is 5.69 Å². The summed E-state index contributed by atoms with van der Waals surface area (Å²) in [5, 5.41) is 0. The molecule has 1 aromatic rings. The van der Waals surface area contributed by atoms with Crippen molar-refractivity contribution >= 4 is 6.08 Å². The van der Waals surface area contributed by atoms with Crippen LogP contribution in [0.4, 0.5) is 0 Å². The van der Waals surface area contributed by atoms with Crippen LogP contribution in [0.15, 0.2) is 18.7 Å². The normalized spacial score (nSPS) is 11.0. The fourth-order valence-electron chi connectivity index (χ4n) is 1.32. The Hall–Kier alpha value is -1.31. The second-order valence-electron chi connectivity index (χ2n) is 3.39. The summed E-state index contributed by atoms with van der Waals surface area (Å²) in [7, 11) is 0. The molecule has 0 saturated heterocycles. The summed E-state index contributed by atoms with van der Waals surface area (Å²) < 4.78 is 0. The molecular formula is C12H18N2. The van der Waals surface area contributed by atoms with E-state index in [2.05, 4.69) is 23.5 Å².